The molecule has 0 bridgehead atoms. The average molecular weight is 358 g/mol. The molecular weight excluding hydrogens is 341 g/mol. The maximum Gasteiger partial charge on any atom is 0.434 e. The van der Waals surface area contributed by atoms with Crippen LogP contribution < -0.4 is 10.6 Å². The molecule has 0 saturated heterocycles. The molecule has 0 aliphatic carbocycles. The van der Waals surface area contributed by atoms with Gasteiger partial charge in [0.15, 0.2) is 11.7 Å². The van der Waals surface area contributed by atoms with Gasteiger partial charge in [-0.15, -0.1) is 11.3 Å². The lowest BCUT2D eigenvalue weighted by Gasteiger charge is -2.10. The maximum atomic E-state index is 12.5. The third kappa shape index (κ3) is 5.41. The highest BCUT2D eigenvalue weighted by Crippen LogP contribution is 2.29. The number of benzene rings is 1. The van der Waals surface area contributed by atoms with E-state index in [4.69, 9.17) is 0 Å². The third-order valence-electron chi connectivity index (χ3n) is 2.95. The van der Waals surface area contributed by atoms with Gasteiger partial charge in [0.25, 0.3) is 0 Å². The second-order valence-electron chi connectivity index (χ2n) is 4.84. The highest BCUT2D eigenvalue weighted by molar-refractivity contribution is 7.09. The van der Waals surface area contributed by atoms with Gasteiger partial charge in [-0.3, -0.25) is 0 Å². The third-order valence-corrected chi connectivity index (χ3v) is 3.80. The van der Waals surface area contributed by atoms with Crippen molar-refractivity contribution < 1.29 is 18.3 Å². The van der Waals surface area contributed by atoms with Gasteiger partial charge in [0.1, 0.15) is 10.8 Å². The summed E-state index contributed by atoms with van der Waals surface area (Å²) in [6.07, 6.45) is -4.42. The number of aromatic nitrogens is 1. The summed E-state index contributed by atoms with van der Waals surface area (Å²) in [7, 11) is 0. The van der Waals surface area contributed by atoms with Gasteiger partial charge < -0.3 is 15.7 Å². The highest BCUT2D eigenvalue weighted by Gasteiger charge is 2.33. The Morgan fingerprint density at radius 1 is 1.25 bits per heavy atom. The zero-order chi connectivity index (χ0) is 17.6. The number of alkyl halides is 3. The predicted molar refractivity (Wildman–Crippen MR) is 86.9 cm³/mol. The number of nitrogens with one attached hydrogen (secondary N) is 2. The molecule has 0 unspecified atom stereocenters. The summed E-state index contributed by atoms with van der Waals surface area (Å²) in [4.78, 5) is 7.91. The van der Waals surface area contributed by atoms with Crippen molar-refractivity contribution in [1.29, 1.82) is 0 Å². The molecule has 24 heavy (non-hydrogen) atoms. The molecule has 0 spiro atoms. The molecule has 0 amide bonds. The van der Waals surface area contributed by atoms with Gasteiger partial charge in [-0.25, -0.2) is 9.98 Å². The molecule has 5 nitrogen and oxygen atoms in total. The van der Waals surface area contributed by atoms with Crippen molar-refractivity contribution in [2.45, 2.75) is 26.2 Å². The molecule has 0 fully saturated rings. The van der Waals surface area contributed by atoms with Gasteiger partial charge in [-0.1, -0.05) is 12.1 Å². The second-order valence-corrected chi connectivity index (χ2v) is 5.78. The van der Waals surface area contributed by atoms with Gasteiger partial charge in [-0.05, 0) is 24.6 Å². The van der Waals surface area contributed by atoms with Crippen molar-refractivity contribution in [1.82, 2.24) is 15.6 Å². The van der Waals surface area contributed by atoms with Crippen LogP contribution >= 0.6 is 11.3 Å². The van der Waals surface area contributed by atoms with Crippen molar-refractivity contribution in [2.24, 2.45) is 4.99 Å². The van der Waals surface area contributed by atoms with Crippen LogP contribution in [-0.2, 0) is 19.3 Å². The van der Waals surface area contributed by atoms with Crippen LogP contribution in [0.5, 0.6) is 5.75 Å². The maximum absolute atomic E-state index is 12.5. The first kappa shape index (κ1) is 18.1. The summed E-state index contributed by atoms with van der Waals surface area (Å²) >= 11 is 0.948. The Morgan fingerprint density at radius 2 is 1.96 bits per heavy atom. The molecule has 1 aromatic heterocycles. The SMILES string of the molecule is CCNC(=NCc1ccc(O)cc1)NCc1nc(C(F)(F)F)cs1. The number of aliphatic imine (C=N–C) groups is 1. The zero-order valence-corrected chi connectivity index (χ0v) is 13.7. The molecule has 1 heterocycles. The number of aromatic hydroxyl groups is 1. The van der Waals surface area contributed by atoms with Crippen molar-refractivity contribution in [3.8, 4) is 5.75 Å². The van der Waals surface area contributed by atoms with E-state index in [0.29, 0.717) is 24.1 Å². The molecule has 0 saturated carbocycles. The van der Waals surface area contributed by atoms with Crippen molar-refractivity contribution in [3.63, 3.8) is 0 Å². The Bertz CT molecular complexity index is 683. The summed E-state index contributed by atoms with van der Waals surface area (Å²) in [5, 5.41) is 16.5. The highest BCUT2D eigenvalue weighted by atomic mass is 32.1. The molecule has 130 valence electrons. The number of thiazole rings is 1. The Morgan fingerprint density at radius 3 is 2.54 bits per heavy atom. The first-order valence-electron chi connectivity index (χ1n) is 7.20. The summed E-state index contributed by atoms with van der Waals surface area (Å²) < 4.78 is 37.6. The number of phenols is 1. The van der Waals surface area contributed by atoms with E-state index in [9.17, 15) is 18.3 Å². The molecular formula is C15H17F3N4OS. The molecule has 0 radical (unpaired) electrons. The molecule has 3 N–H and O–H groups in total. The number of nitrogens with zero attached hydrogens (tertiary/aromatic N) is 2. The van der Waals surface area contributed by atoms with E-state index < -0.39 is 11.9 Å². The molecule has 1 aromatic carbocycles. The number of hydrogen-bond donors (Lipinski definition) is 3. The Labute approximate surface area is 141 Å². The van der Waals surface area contributed by atoms with Crippen LogP contribution in [0, 0.1) is 0 Å². The van der Waals surface area contributed by atoms with Gasteiger partial charge in [0.2, 0.25) is 0 Å². The van der Waals surface area contributed by atoms with E-state index >= 15 is 0 Å². The van der Waals surface area contributed by atoms with Crippen LogP contribution in [0.25, 0.3) is 0 Å². The van der Waals surface area contributed by atoms with Gasteiger partial charge in [0, 0.05) is 11.9 Å². The molecule has 2 aromatic rings. The van der Waals surface area contributed by atoms with Crippen molar-refractivity contribution in [2.75, 3.05) is 6.54 Å². The molecule has 0 aliphatic heterocycles. The van der Waals surface area contributed by atoms with E-state index in [1.54, 1.807) is 24.3 Å². The summed E-state index contributed by atoms with van der Waals surface area (Å²) in [5.74, 6) is 0.659. The minimum absolute atomic E-state index is 0.155. The smallest absolute Gasteiger partial charge is 0.434 e. The minimum Gasteiger partial charge on any atom is -0.508 e. The number of phenolic OH excluding ortho intramolecular Hbond substituents is 1. The fourth-order valence-corrected chi connectivity index (χ4v) is 2.54. The number of rotatable bonds is 5. The Balaban J connectivity index is 1.96. The molecule has 0 aliphatic rings. The number of hydrogen-bond acceptors (Lipinski definition) is 4. The standard InChI is InChI=1S/C15H17F3N4OS/c1-2-19-14(20-7-10-3-5-11(23)6-4-10)21-8-13-22-12(9-24-13)15(16,17)18/h3-6,9,23H,2,7-8H2,1H3,(H2,19,20,21). The quantitative estimate of drug-likeness (QED) is 0.567. The second kappa shape index (κ2) is 8.00. The van der Waals surface area contributed by atoms with Gasteiger partial charge in [-0.2, -0.15) is 13.2 Å². The Hall–Kier alpha value is -2.29. The summed E-state index contributed by atoms with van der Waals surface area (Å²) in [6.45, 7) is 3.04. The lowest BCUT2D eigenvalue weighted by molar-refractivity contribution is -0.140. The van der Waals surface area contributed by atoms with Crippen LogP contribution in [0.2, 0.25) is 0 Å². The van der Waals surface area contributed by atoms with E-state index in [1.807, 2.05) is 6.92 Å². The fraction of sp³-hybridized carbons (Fsp3) is 0.333. The zero-order valence-electron chi connectivity index (χ0n) is 12.9. The minimum atomic E-state index is -4.42. The van der Waals surface area contributed by atoms with Crippen LogP contribution in [0.15, 0.2) is 34.6 Å². The first-order chi connectivity index (χ1) is 11.4. The van der Waals surface area contributed by atoms with Crippen LogP contribution in [0.3, 0.4) is 0 Å². The first-order valence-corrected chi connectivity index (χ1v) is 8.08. The molecule has 2 rings (SSSR count). The van der Waals surface area contributed by atoms with E-state index in [0.717, 1.165) is 22.3 Å². The van der Waals surface area contributed by atoms with Gasteiger partial charge >= 0.3 is 6.18 Å². The number of guanidine groups is 1. The normalized spacial score (nSPS) is 12.2. The van der Waals surface area contributed by atoms with Crippen LogP contribution in [0.4, 0.5) is 13.2 Å². The topological polar surface area (TPSA) is 69.5 Å². The largest absolute Gasteiger partial charge is 0.508 e. The lowest BCUT2D eigenvalue weighted by atomic mass is 10.2. The Kier molecular flexibility index (Phi) is 6.02. The van der Waals surface area contributed by atoms with Gasteiger partial charge in [0.05, 0.1) is 13.1 Å². The number of halogens is 3. The summed E-state index contributed by atoms with van der Waals surface area (Å²) in [6, 6.07) is 6.64. The van der Waals surface area contributed by atoms with E-state index in [-0.39, 0.29) is 12.3 Å². The van der Waals surface area contributed by atoms with Crippen molar-refractivity contribution >= 4 is 17.3 Å². The van der Waals surface area contributed by atoms with E-state index in [1.165, 1.54) is 0 Å². The van der Waals surface area contributed by atoms with Crippen LogP contribution in [-0.4, -0.2) is 22.6 Å². The lowest BCUT2D eigenvalue weighted by Crippen LogP contribution is -2.36. The predicted octanol–water partition coefficient (Wildman–Crippen LogP) is 3.12. The molecule has 0 atom stereocenters. The van der Waals surface area contributed by atoms with Crippen molar-refractivity contribution in [3.05, 3.63) is 45.9 Å². The molecule has 9 heteroatoms. The van der Waals surface area contributed by atoms with E-state index in [2.05, 4.69) is 20.6 Å². The fourth-order valence-electron chi connectivity index (χ4n) is 1.80. The monoisotopic (exact) mass is 358 g/mol. The summed E-state index contributed by atoms with van der Waals surface area (Å²) in [5.41, 5.74) is 0.0222. The van der Waals surface area contributed by atoms with Crippen LogP contribution in [0.1, 0.15) is 23.2 Å². The average Bonchev–Trinajstić information content (AvgIpc) is 3.01.